The summed E-state index contributed by atoms with van der Waals surface area (Å²) in [7, 11) is 0. The molecule has 8 heteroatoms. The highest BCUT2D eigenvalue weighted by molar-refractivity contribution is 7.14. The van der Waals surface area contributed by atoms with Crippen LogP contribution < -0.4 is 4.74 Å². The molecule has 0 aliphatic heterocycles. The van der Waals surface area contributed by atoms with Crippen LogP contribution in [0.25, 0.3) is 43.4 Å². The standard InChI is InChI=1S/C27H21N5OS2/c1-5-19(15-21(6-1)33-12-4-10-32-11-9-28-18-32)20-16-22-27(29-17-20)31-26(24-8-3-14-35-24)25(30-22)23-7-2-13-34-23/h1-3,5-9,11,13-18H,4,10,12H2. The Kier molecular flexibility index (Phi) is 6.04. The Balaban J connectivity index is 1.28. The average Bonchev–Trinajstić information content (AvgIpc) is 3.70. The molecule has 0 aliphatic carbocycles. The summed E-state index contributed by atoms with van der Waals surface area (Å²) in [4.78, 5) is 20.9. The lowest BCUT2D eigenvalue weighted by Gasteiger charge is -2.10. The number of thiophene rings is 2. The van der Waals surface area contributed by atoms with Crippen LogP contribution in [0.4, 0.5) is 0 Å². The van der Waals surface area contributed by atoms with Gasteiger partial charge in [0.2, 0.25) is 0 Å². The molecule has 0 fully saturated rings. The number of hydrogen-bond acceptors (Lipinski definition) is 7. The normalized spacial score (nSPS) is 11.2. The van der Waals surface area contributed by atoms with Gasteiger partial charge in [-0.2, -0.15) is 0 Å². The smallest absolute Gasteiger partial charge is 0.178 e. The van der Waals surface area contributed by atoms with Crippen molar-refractivity contribution in [3.63, 3.8) is 0 Å². The Bertz CT molecular complexity index is 1540. The number of benzene rings is 1. The van der Waals surface area contributed by atoms with Crippen molar-refractivity contribution in [1.29, 1.82) is 0 Å². The number of nitrogens with zero attached hydrogens (tertiary/aromatic N) is 5. The lowest BCUT2D eigenvalue weighted by Crippen LogP contribution is -2.03. The molecule has 0 amide bonds. The molecule has 35 heavy (non-hydrogen) atoms. The molecule has 1 aromatic carbocycles. The molecule has 0 saturated carbocycles. The number of ether oxygens (including phenoxy) is 1. The molecule has 6 aromatic rings. The molecule has 0 aliphatic rings. The number of aryl methyl sites for hydroxylation is 1. The van der Waals surface area contributed by atoms with Crippen molar-refractivity contribution in [3.8, 4) is 38.0 Å². The van der Waals surface area contributed by atoms with E-state index >= 15 is 0 Å². The van der Waals surface area contributed by atoms with E-state index in [2.05, 4.69) is 49.6 Å². The molecule has 0 saturated heterocycles. The summed E-state index contributed by atoms with van der Waals surface area (Å²) < 4.78 is 8.05. The van der Waals surface area contributed by atoms with Gasteiger partial charge in [-0.3, -0.25) is 0 Å². The maximum absolute atomic E-state index is 6.00. The van der Waals surface area contributed by atoms with Gasteiger partial charge >= 0.3 is 0 Å². The third kappa shape index (κ3) is 4.71. The second-order valence-electron chi connectivity index (χ2n) is 7.97. The highest BCUT2D eigenvalue weighted by Crippen LogP contribution is 2.36. The van der Waals surface area contributed by atoms with Crippen LogP contribution in [0.2, 0.25) is 0 Å². The van der Waals surface area contributed by atoms with E-state index in [1.165, 1.54) is 0 Å². The van der Waals surface area contributed by atoms with Gasteiger partial charge in [0.1, 0.15) is 22.7 Å². The first-order valence-electron chi connectivity index (χ1n) is 11.3. The minimum absolute atomic E-state index is 0.638. The van der Waals surface area contributed by atoms with Crippen LogP contribution >= 0.6 is 22.7 Å². The van der Waals surface area contributed by atoms with Crippen molar-refractivity contribution >= 4 is 33.8 Å². The topological polar surface area (TPSA) is 65.7 Å². The maximum Gasteiger partial charge on any atom is 0.178 e. The van der Waals surface area contributed by atoms with Gasteiger partial charge in [0.05, 0.1) is 22.7 Å². The monoisotopic (exact) mass is 495 g/mol. The predicted molar refractivity (Wildman–Crippen MR) is 142 cm³/mol. The fourth-order valence-corrected chi connectivity index (χ4v) is 5.33. The van der Waals surface area contributed by atoms with Gasteiger partial charge in [-0.15, -0.1) is 22.7 Å². The summed E-state index contributed by atoms with van der Waals surface area (Å²) in [6.45, 7) is 1.52. The van der Waals surface area contributed by atoms with Crippen molar-refractivity contribution in [2.75, 3.05) is 6.61 Å². The molecule has 0 radical (unpaired) electrons. The molecule has 5 aromatic heterocycles. The number of pyridine rings is 1. The second kappa shape index (κ2) is 9.77. The zero-order valence-electron chi connectivity index (χ0n) is 18.7. The van der Waals surface area contributed by atoms with Crippen LogP contribution in [-0.2, 0) is 6.54 Å². The van der Waals surface area contributed by atoms with Crippen LogP contribution in [0.1, 0.15) is 6.42 Å². The molecule has 172 valence electrons. The van der Waals surface area contributed by atoms with Crippen molar-refractivity contribution in [1.82, 2.24) is 24.5 Å². The molecule has 0 unspecified atom stereocenters. The third-order valence-corrected chi connectivity index (χ3v) is 7.34. The van der Waals surface area contributed by atoms with E-state index in [1.54, 1.807) is 28.9 Å². The van der Waals surface area contributed by atoms with E-state index in [4.69, 9.17) is 14.7 Å². The number of fused-ring (bicyclic) bond motifs is 1. The van der Waals surface area contributed by atoms with Crippen molar-refractivity contribution in [2.45, 2.75) is 13.0 Å². The van der Waals surface area contributed by atoms with Gasteiger partial charge in [-0.25, -0.2) is 19.9 Å². The van der Waals surface area contributed by atoms with Crippen molar-refractivity contribution in [2.24, 2.45) is 0 Å². The summed E-state index contributed by atoms with van der Waals surface area (Å²) >= 11 is 3.33. The van der Waals surface area contributed by atoms with Crippen LogP contribution in [0.5, 0.6) is 5.75 Å². The van der Waals surface area contributed by atoms with E-state index in [9.17, 15) is 0 Å². The molecule has 0 atom stereocenters. The number of aromatic nitrogens is 5. The minimum Gasteiger partial charge on any atom is -0.494 e. The molecule has 6 rings (SSSR count). The molecule has 0 N–H and O–H groups in total. The largest absolute Gasteiger partial charge is 0.494 e. The average molecular weight is 496 g/mol. The van der Waals surface area contributed by atoms with Gasteiger partial charge < -0.3 is 9.30 Å². The second-order valence-corrected chi connectivity index (χ2v) is 9.87. The number of rotatable bonds is 8. The van der Waals surface area contributed by atoms with E-state index in [1.807, 2.05) is 49.1 Å². The van der Waals surface area contributed by atoms with Crippen LogP contribution in [0.3, 0.4) is 0 Å². The fourth-order valence-electron chi connectivity index (χ4n) is 3.90. The van der Waals surface area contributed by atoms with Gasteiger partial charge in [0, 0.05) is 30.7 Å². The van der Waals surface area contributed by atoms with Crippen molar-refractivity contribution < 1.29 is 4.74 Å². The van der Waals surface area contributed by atoms with E-state index in [0.29, 0.717) is 12.3 Å². The lowest BCUT2D eigenvalue weighted by molar-refractivity contribution is 0.302. The fraction of sp³-hybridized carbons (Fsp3) is 0.111. The Morgan fingerprint density at radius 2 is 1.69 bits per heavy atom. The Hall–Kier alpha value is -3.88. The van der Waals surface area contributed by atoms with E-state index in [0.717, 1.165) is 56.5 Å². The van der Waals surface area contributed by atoms with E-state index < -0.39 is 0 Å². The molecule has 5 heterocycles. The van der Waals surface area contributed by atoms with Crippen LogP contribution in [0, 0.1) is 0 Å². The van der Waals surface area contributed by atoms with Gasteiger partial charge in [0.25, 0.3) is 0 Å². The number of hydrogen-bond donors (Lipinski definition) is 0. The van der Waals surface area contributed by atoms with Crippen LogP contribution in [-0.4, -0.2) is 31.1 Å². The molecular formula is C27H21N5OS2. The van der Waals surface area contributed by atoms with Gasteiger partial charge in [0.15, 0.2) is 5.65 Å². The maximum atomic E-state index is 6.00. The highest BCUT2D eigenvalue weighted by Gasteiger charge is 2.16. The predicted octanol–water partition coefficient (Wildman–Crippen LogP) is 6.81. The Morgan fingerprint density at radius 3 is 2.43 bits per heavy atom. The third-order valence-electron chi connectivity index (χ3n) is 5.59. The van der Waals surface area contributed by atoms with Gasteiger partial charge in [-0.05, 0) is 53.1 Å². The summed E-state index contributed by atoms with van der Waals surface area (Å²) in [5, 5.41) is 4.12. The zero-order chi connectivity index (χ0) is 23.5. The first-order valence-corrected chi connectivity index (χ1v) is 13.0. The lowest BCUT2D eigenvalue weighted by atomic mass is 10.1. The van der Waals surface area contributed by atoms with Crippen LogP contribution in [0.15, 0.2) is 90.3 Å². The quantitative estimate of drug-likeness (QED) is 0.217. The number of imidazole rings is 1. The van der Waals surface area contributed by atoms with Gasteiger partial charge in [-0.1, -0.05) is 24.3 Å². The minimum atomic E-state index is 0.638. The summed E-state index contributed by atoms with van der Waals surface area (Å²) in [6, 6.07) is 18.4. The Labute approximate surface area is 210 Å². The zero-order valence-corrected chi connectivity index (χ0v) is 20.4. The van der Waals surface area contributed by atoms with Crippen molar-refractivity contribution in [3.05, 3.63) is 90.3 Å². The molecule has 0 bridgehead atoms. The highest BCUT2D eigenvalue weighted by atomic mass is 32.1. The summed E-state index contributed by atoms with van der Waals surface area (Å²) in [5.74, 6) is 0.839. The molecule has 0 spiro atoms. The molecule has 6 nitrogen and oxygen atoms in total. The van der Waals surface area contributed by atoms with E-state index in [-0.39, 0.29) is 0 Å². The summed E-state index contributed by atoms with van der Waals surface area (Å²) in [5.41, 5.74) is 5.21. The first-order chi connectivity index (χ1) is 17.3. The SMILES string of the molecule is c1cc(OCCCn2ccnc2)cc(-c2cnc3nc(-c4cccs4)c(-c4cccs4)nc3c2)c1. The molecular weight excluding hydrogens is 474 g/mol. The first kappa shape index (κ1) is 21.6. The Morgan fingerprint density at radius 1 is 0.857 bits per heavy atom. The summed E-state index contributed by atoms with van der Waals surface area (Å²) in [6.07, 6.45) is 8.34.